The van der Waals surface area contributed by atoms with E-state index in [4.69, 9.17) is 15.3 Å². The van der Waals surface area contributed by atoms with E-state index in [2.05, 4.69) is 16.4 Å². The predicted molar refractivity (Wildman–Crippen MR) is 78.0 cm³/mol. The van der Waals surface area contributed by atoms with Crippen molar-refractivity contribution >= 4 is 0 Å². The Morgan fingerprint density at radius 3 is 2.50 bits per heavy atom. The first kappa shape index (κ1) is 14.3. The van der Waals surface area contributed by atoms with Crippen molar-refractivity contribution in [2.24, 2.45) is 5.84 Å². The van der Waals surface area contributed by atoms with Gasteiger partial charge < -0.3 is 9.47 Å². The molecule has 5 nitrogen and oxygen atoms in total. The number of rotatable bonds is 4. The molecule has 0 radical (unpaired) electrons. The largest absolute Gasteiger partial charge is 0.496 e. The molecular formula is C15H27N3O2. The second kappa shape index (κ2) is 6.43. The summed E-state index contributed by atoms with van der Waals surface area (Å²) < 4.78 is 11.4. The molecule has 20 heavy (non-hydrogen) atoms. The fraction of sp³-hybridized carbons (Fsp3) is 0.867. The molecule has 1 saturated carbocycles. The van der Waals surface area contributed by atoms with Gasteiger partial charge in [-0.2, -0.15) is 0 Å². The third-order valence-corrected chi connectivity index (χ3v) is 5.06. The minimum atomic E-state index is 0.113. The second-order valence-electron chi connectivity index (χ2n) is 6.11. The van der Waals surface area contributed by atoms with E-state index >= 15 is 0 Å². The zero-order valence-electron chi connectivity index (χ0n) is 12.3. The van der Waals surface area contributed by atoms with Gasteiger partial charge in [0.1, 0.15) is 5.76 Å². The molecule has 3 N–H and O–H groups in total. The highest BCUT2D eigenvalue weighted by atomic mass is 16.5. The summed E-state index contributed by atoms with van der Waals surface area (Å²) in [6.45, 7) is 4.50. The van der Waals surface area contributed by atoms with Crippen LogP contribution in [0.25, 0.3) is 0 Å². The van der Waals surface area contributed by atoms with E-state index in [0.717, 1.165) is 51.5 Å². The Balaban J connectivity index is 1.85. The first-order chi connectivity index (χ1) is 9.87. The van der Waals surface area contributed by atoms with Gasteiger partial charge in [-0.3, -0.25) is 10.7 Å². The van der Waals surface area contributed by atoms with Crippen LogP contribution < -0.4 is 11.3 Å². The van der Waals surface area contributed by atoms with Crippen LogP contribution in [0.1, 0.15) is 38.5 Å². The van der Waals surface area contributed by atoms with Gasteiger partial charge in [-0.25, -0.2) is 5.43 Å². The molecular weight excluding hydrogens is 254 g/mol. The lowest BCUT2D eigenvalue weighted by atomic mass is 9.84. The summed E-state index contributed by atoms with van der Waals surface area (Å²) in [6.07, 6.45) is 9.41. The quantitative estimate of drug-likeness (QED) is 0.598. The van der Waals surface area contributed by atoms with Crippen molar-refractivity contribution in [3.63, 3.8) is 0 Å². The molecule has 0 aromatic carbocycles. The van der Waals surface area contributed by atoms with Gasteiger partial charge >= 0.3 is 0 Å². The van der Waals surface area contributed by atoms with Crippen molar-refractivity contribution in [1.82, 2.24) is 10.3 Å². The summed E-state index contributed by atoms with van der Waals surface area (Å²) in [7, 11) is 0. The van der Waals surface area contributed by atoms with Crippen LogP contribution in [0.5, 0.6) is 0 Å². The number of allylic oxidation sites excluding steroid dienone is 1. The maximum Gasteiger partial charge on any atom is 0.112 e. The van der Waals surface area contributed by atoms with Crippen LogP contribution in [0.15, 0.2) is 11.8 Å². The van der Waals surface area contributed by atoms with Crippen LogP contribution in [0.3, 0.4) is 0 Å². The monoisotopic (exact) mass is 281 g/mol. The van der Waals surface area contributed by atoms with Crippen molar-refractivity contribution in [2.75, 3.05) is 32.9 Å². The highest BCUT2D eigenvalue weighted by molar-refractivity contribution is 5.17. The Hall–Kier alpha value is -0.620. The zero-order valence-corrected chi connectivity index (χ0v) is 12.3. The SMILES string of the molecule is NNC(C1=CCCCO1)C1(N2CCOCC2)CCCC1. The molecule has 114 valence electrons. The number of morpholine rings is 1. The average Bonchev–Trinajstić information content (AvgIpc) is 3.01. The molecule has 1 saturated heterocycles. The molecule has 1 unspecified atom stereocenters. The Kier molecular flexibility index (Phi) is 4.61. The van der Waals surface area contributed by atoms with E-state index in [0.29, 0.717) is 0 Å². The summed E-state index contributed by atoms with van der Waals surface area (Å²) >= 11 is 0. The van der Waals surface area contributed by atoms with E-state index in [9.17, 15) is 0 Å². The predicted octanol–water partition coefficient (Wildman–Crippen LogP) is 1.16. The summed E-state index contributed by atoms with van der Waals surface area (Å²) in [4.78, 5) is 2.59. The van der Waals surface area contributed by atoms with Crippen molar-refractivity contribution < 1.29 is 9.47 Å². The lowest BCUT2D eigenvalue weighted by Gasteiger charge is -2.48. The van der Waals surface area contributed by atoms with E-state index in [1.165, 1.54) is 25.7 Å². The molecule has 5 heteroatoms. The fourth-order valence-electron chi connectivity index (χ4n) is 4.06. The van der Waals surface area contributed by atoms with Crippen molar-refractivity contribution in [2.45, 2.75) is 50.1 Å². The van der Waals surface area contributed by atoms with E-state index in [-0.39, 0.29) is 11.6 Å². The number of nitrogens with one attached hydrogen (secondary N) is 1. The van der Waals surface area contributed by atoms with Crippen molar-refractivity contribution in [3.05, 3.63) is 11.8 Å². The first-order valence-electron chi connectivity index (χ1n) is 7.98. The molecule has 0 spiro atoms. The standard InChI is InChI=1S/C15H27N3O2/c16-17-14(13-5-1-4-10-20-13)15(6-2-3-7-15)18-8-11-19-12-9-18/h5,14,17H,1-4,6-12,16H2. The third-order valence-electron chi connectivity index (χ3n) is 5.06. The maximum atomic E-state index is 5.95. The summed E-state index contributed by atoms with van der Waals surface area (Å²) in [5.41, 5.74) is 3.19. The lowest BCUT2D eigenvalue weighted by Crippen LogP contribution is -2.64. The number of hydrazine groups is 1. The van der Waals surface area contributed by atoms with Gasteiger partial charge in [0.15, 0.2) is 0 Å². The minimum absolute atomic E-state index is 0.113. The lowest BCUT2D eigenvalue weighted by molar-refractivity contribution is -0.0391. The van der Waals surface area contributed by atoms with E-state index in [1.54, 1.807) is 0 Å². The minimum Gasteiger partial charge on any atom is -0.496 e. The molecule has 1 aliphatic carbocycles. The normalized spacial score (nSPS) is 28.8. The molecule has 2 aliphatic heterocycles. The van der Waals surface area contributed by atoms with Gasteiger partial charge in [-0.15, -0.1) is 0 Å². The molecule has 1 atom stereocenters. The molecule has 0 aromatic heterocycles. The number of nitrogens with two attached hydrogens (primary N) is 1. The van der Waals surface area contributed by atoms with Gasteiger partial charge in [0.2, 0.25) is 0 Å². The number of hydrogen-bond acceptors (Lipinski definition) is 5. The maximum absolute atomic E-state index is 5.95. The Morgan fingerprint density at radius 1 is 1.15 bits per heavy atom. The topological polar surface area (TPSA) is 59.8 Å². The van der Waals surface area contributed by atoms with Gasteiger partial charge in [-0.05, 0) is 31.8 Å². The number of ether oxygens (including phenoxy) is 2. The van der Waals surface area contributed by atoms with Crippen LogP contribution in [0.2, 0.25) is 0 Å². The average molecular weight is 281 g/mol. The van der Waals surface area contributed by atoms with Gasteiger partial charge in [0.25, 0.3) is 0 Å². The number of hydrogen-bond donors (Lipinski definition) is 2. The summed E-state index contributed by atoms with van der Waals surface area (Å²) in [5.74, 6) is 7.01. The highest BCUT2D eigenvalue weighted by Gasteiger charge is 2.48. The molecule has 3 aliphatic rings. The van der Waals surface area contributed by atoms with Crippen LogP contribution in [-0.2, 0) is 9.47 Å². The Labute approximate surface area is 121 Å². The molecule has 0 amide bonds. The van der Waals surface area contributed by atoms with Crippen molar-refractivity contribution in [3.8, 4) is 0 Å². The fourth-order valence-corrected chi connectivity index (χ4v) is 4.06. The zero-order chi connectivity index (χ0) is 13.8. The van der Waals surface area contributed by atoms with E-state index in [1.807, 2.05) is 0 Å². The summed E-state index contributed by atoms with van der Waals surface area (Å²) in [6, 6.07) is 0.114. The smallest absolute Gasteiger partial charge is 0.112 e. The van der Waals surface area contributed by atoms with Crippen molar-refractivity contribution in [1.29, 1.82) is 0 Å². The van der Waals surface area contributed by atoms with Gasteiger partial charge in [-0.1, -0.05) is 12.8 Å². The molecule has 0 aromatic rings. The first-order valence-corrected chi connectivity index (χ1v) is 7.98. The molecule has 3 rings (SSSR count). The molecule has 2 heterocycles. The third kappa shape index (κ3) is 2.60. The van der Waals surface area contributed by atoms with Crippen LogP contribution >= 0.6 is 0 Å². The Bertz CT molecular complexity index is 347. The second-order valence-corrected chi connectivity index (χ2v) is 6.11. The van der Waals surface area contributed by atoms with Crippen LogP contribution in [-0.4, -0.2) is 49.4 Å². The molecule has 0 bridgehead atoms. The van der Waals surface area contributed by atoms with Crippen LogP contribution in [0.4, 0.5) is 0 Å². The van der Waals surface area contributed by atoms with Crippen LogP contribution in [0, 0.1) is 0 Å². The van der Waals surface area contributed by atoms with Gasteiger partial charge in [0.05, 0.1) is 25.9 Å². The number of nitrogens with zero attached hydrogens (tertiary/aromatic N) is 1. The molecule has 2 fully saturated rings. The Morgan fingerprint density at radius 2 is 1.90 bits per heavy atom. The highest BCUT2D eigenvalue weighted by Crippen LogP contribution is 2.41. The summed E-state index contributed by atoms with van der Waals surface area (Å²) in [5, 5.41) is 0. The van der Waals surface area contributed by atoms with E-state index < -0.39 is 0 Å². The van der Waals surface area contributed by atoms with Gasteiger partial charge in [0, 0.05) is 18.6 Å².